The Morgan fingerprint density at radius 2 is 2.07 bits per heavy atom. The summed E-state index contributed by atoms with van der Waals surface area (Å²) in [5.41, 5.74) is 5.65. The lowest BCUT2D eigenvalue weighted by molar-refractivity contribution is 0.100. The summed E-state index contributed by atoms with van der Waals surface area (Å²) in [5, 5.41) is 0.365. The van der Waals surface area contributed by atoms with Crippen LogP contribution < -0.4 is 11.2 Å². The van der Waals surface area contributed by atoms with Gasteiger partial charge in [0.05, 0.1) is 11.6 Å². The Hall–Kier alpha value is -2.10. The predicted molar refractivity (Wildman–Crippen MR) is 51.0 cm³/mol. The normalized spacial score (nSPS) is 10.3. The minimum absolute atomic E-state index is 0.186. The van der Waals surface area contributed by atoms with E-state index >= 15 is 0 Å². The molecule has 2 aromatic rings. The summed E-state index contributed by atoms with van der Waals surface area (Å²) in [6.45, 7) is 0. The smallest absolute Gasteiger partial charge is 0.248 e. The second-order valence-electron chi connectivity index (χ2n) is 2.86. The van der Waals surface area contributed by atoms with Gasteiger partial charge in [0.2, 0.25) is 5.91 Å². The van der Waals surface area contributed by atoms with Gasteiger partial charge >= 0.3 is 0 Å². The Labute approximate surface area is 78.9 Å². The van der Waals surface area contributed by atoms with Crippen molar-refractivity contribution in [1.29, 1.82) is 0 Å². The van der Waals surface area contributed by atoms with Crippen LogP contribution in [0.1, 0.15) is 10.4 Å². The molecule has 4 heteroatoms. The van der Waals surface area contributed by atoms with Crippen molar-refractivity contribution in [2.75, 3.05) is 0 Å². The number of carbonyl (C=O) groups excluding carboxylic acids is 1. The van der Waals surface area contributed by atoms with Gasteiger partial charge in [-0.25, -0.2) is 0 Å². The molecule has 0 unspecified atom stereocenters. The van der Waals surface area contributed by atoms with Crippen LogP contribution in [0.2, 0.25) is 0 Å². The first-order valence-electron chi connectivity index (χ1n) is 4.00. The van der Waals surface area contributed by atoms with E-state index in [0.29, 0.717) is 16.5 Å². The quantitative estimate of drug-likeness (QED) is 0.724. The lowest BCUT2D eigenvalue weighted by Gasteiger charge is -1.97. The van der Waals surface area contributed by atoms with E-state index in [4.69, 9.17) is 10.2 Å². The highest BCUT2D eigenvalue weighted by Gasteiger charge is 2.04. The lowest BCUT2D eigenvalue weighted by atomic mass is 10.1. The molecule has 70 valence electrons. The van der Waals surface area contributed by atoms with Gasteiger partial charge in [-0.1, -0.05) is 0 Å². The third kappa shape index (κ3) is 1.26. The summed E-state index contributed by atoms with van der Waals surface area (Å²) >= 11 is 0. The zero-order chi connectivity index (χ0) is 10.1. The molecule has 0 spiro atoms. The molecule has 1 amide bonds. The first-order valence-corrected chi connectivity index (χ1v) is 4.00. The molecule has 14 heavy (non-hydrogen) atoms. The first kappa shape index (κ1) is 8.50. The minimum Gasteiger partial charge on any atom is -0.464 e. The number of primary amides is 1. The topological polar surface area (TPSA) is 73.3 Å². The molecule has 1 aromatic carbocycles. The van der Waals surface area contributed by atoms with Crippen LogP contribution in [0.5, 0.6) is 0 Å². The zero-order valence-electron chi connectivity index (χ0n) is 7.19. The maximum absolute atomic E-state index is 11.3. The van der Waals surface area contributed by atoms with Gasteiger partial charge in [0.1, 0.15) is 5.58 Å². The van der Waals surface area contributed by atoms with Gasteiger partial charge in [0.15, 0.2) is 5.43 Å². The number of amides is 1. The van der Waals surface area contributed by atoms with E-state index in [1.165, 1.54) is 24.5 Å². The molecule has 0 aliphatic rings. The highest BCUT2D eigenvalue weighted by atomic mass is 16.3. The van der Waals surface area contributed by atoms with Crippen molar-refractivity contribution in [2.24, 2.45) is 5.73 Å². The fraction of sp³-hybridized carbons (Fsp3) is 0. The highest BCUT2D eigenvalue weighted by molar-refractivity contribution is 5.96. The molecule has 0 aliphatic carbocycles. The fourth-order valence-electron chi connectivity index (χ4n) is 1.24. The van der Waals surface area contributed by atoms with E-state index in [1.54, 1.807) is 6.07 Å². The predicted octanol–water partition coefficient (Wildman–Crippen LogP) is 0.892. The Bertz CT molecular complexity index is 557. The molecule has 2 rings (SSSR count). The molecule has 1 aromatic heterocycles. The number of benzene rings is 1. The van der Waals surface area contributed by atoms with Crippen LogP contribution >= 0.6 is 0 Å². The van der Waals surface area contributed by atoms with Crippen molar-refractivity contribution in [3.63, 3.8) is 0 Å². The minimum atomic E-state index is -0.560. The summed E-state index contributed by atoms with van der Waals surface area (Å²) in [6.07, 6.45) is 1.31. The molecule has 0 fully saturated rings. The average molecular weight is 189 g/mol. The van der Waals surface area contributed by atoms with E-state index in [9.17, 15) is 9.59 Å². The van der Waals surface area contributed by atoms with Crippen molar-refractivity contribution in [3.05, 3.63) is 46.3 Å². The Morgan fingerprint density at radius 3 is 2.79 bits per heavy atom. The summed E-state index contributed by atoms with van der Waals surface area (Å²) in [7, 11) is 0. The van der Waals surface area contributed by atoms with Gasteiger partial charge in [-0.2, -0.15) is 0 Å². The van der Waals surface area contributed by atoms with E-state index in [2.05, 4.69) is 0 Å². The Balaban J connectivity index is 2.83. The number of fused-ring (bicyclic) bond motifs is 1. The fourth-order valence-corrected chi connectivity index (χ4v) is 1.24. The average Bonchev–Trinajstić information content (AvgIpc) is 2.18. The maximum Gasteiger partial charge on any atom is 0.248 e. The van der Waals surface area contributed by atoms with Crippen molar-refractivity contribution in [1.82, 2.24) is 0 Å². The maximum atomic E-state index is 11.3. The van der Waals surface area contributed by atoms with E-state index in [0.717, 1.165) is 0 Å². The van der Waals surface area contributed by atoms with Gasteiger partial charge in [0.25, 0.3) is 0 Å². The molecular weight excluding hydrogens is 182 g/mol. The van der Waals surface area contributed by atoms with Gasteiger partial charge in [-0.3, -0.25) is 9.59 Å². The zero-order valence-corrected chi connectivity index (χ0v) is 7.19. The number of rotatable bonds is 1. The molecule has 2 N–H and O–H groups in total. The van der Waals surface area contributed by atoms with Crippen molar-refractivity contribution >= 4 is 16.9 Å². The molecule has 0 saturated carbocycles. The van der Waals surface area contributed by atoms with E-state index in [-0.39, 0.29) is 5.43 Å². The van der Waals surface area contributed by atoms with Crippen molar-refractivity contribution < 1.29 is 9.21 Å². The highest BCUT2D eigenvalue weighted by Crippen LogP contribution is 2.11. The van der Waals surface area contributed by atoms with E-state index in [1.807, 2.05) is 0 Å². The number of hydrogen-bond donors (Lipinski definition) is 1. The molecular formula is C10H7NO3. The second kappa shape index (κ2) is 2.99. The third-order valence-corrected chi connectivity index (χ3v) is 1.94. The second-order valence-corrected chi connectivity index (χ2v) is 2.86. The van der Waals surface area contributed by atoms with E-state index < -0.39 is 5.91 Å². The van der Waals surface area contributed by atoms with Gasteiger partial charge < -0.3 is 10.2 Å². The summed E-state index contributed by atoms with van der Waals surface area (Å²) in [5.74, 6) is -0.560. The number of carbonyl (C=O) groups is 1. The van der Waals surface area contributed by atoms with Crippen LogP contribution in [-0.4, -0.2) is 5.91 Å². The Kier molecular flexibility index (Phi) is 1.81. The monoisotopic (exact) mass is 189 g/mol. The molecule has 0 atom stereocenters. The van der Waals surface area contributed by atoms with Gasteiger partial charge in [0, 0.05) is 11.6 Å². The molecule has 0 radical (unpaired) electrons. The standard InChI is InChI=1S/C10H7NO3/c11-10(13)6-1-2-9-7(5-6)8(12)3-4-14-9/h1-5H,(H2,11,13). The van der Waals surface area contributed by atoms with Crippen molar-refractivity contribution in [2.45, 2.75) is 0 Å². The van der Waals surface area contributed by atoms with Crippen LogP contribution in [0.4, 0.5) is 0 Å². The molecule has 0 bridgehead atoms. The Morgan fingerprint density at radius 1 is 1.29 bits per heavy atom. The largest absolute Gasteiger partial charge is 0.464 e. The molecule has 4 nitrogen and oxygen atoms in total. The number of nitrogens with two attached hydrogens (primary N) is 1. The molecule has 1 heterocycles. The van der Waals surface area contributed by atoms with Crippen LogP contribution in [0.25, 0.3) is 11.0 Å². The summed E-state index contributed by atoms with van der Waals surface area (Å²) in [6, 6.07) is 5.81. The lowest BCUT2D eigenvalue weighted by Crippen LogP contribution is -2.11. The van der Waals surface area contributed by atoms with Gasteiger partial charge in [-0.05, 0) is 18.2 Å². The molecule has 0 saturated heterocycles. The van der Waals surface area contributed by atoms with Gasteiger partial charge in [-0.15, -0.1) is 0 Å². The summed E-state index contributed by atoms with van der Waals surface area (Å²) < 4.78 is 5.08. The molecule has 0 aliphatic heterocycles. The van der Waals surface area contributed by atoms with Crippen molar-refractivity contribution in [3.8, 4) is 0 Å². The third-order valence-electron chi connectivity index (χ3n) is 1.94. The first-order chi connectivity index (χ1) is 6.68. The van der Waals surface area contributed by atoms with Crippen LogP contribution in [0, 0.1) is 0 Å². The summed E-state index contributed by atoms with van der Waals surface area (Å²) in [4.78, 5) is 22.2. The van der Waals surface area contributed by atoms with Crippen LogP contribution in [-0.2, 0) is 0 Å². The SMILES string of the molecule is NC(=O)c1ccc2occc(=O)c2c1. The number of hydrogen-bond acceptors (Lipinski definition) is 3. The van der Waals surface area contributed by atoms with Crippen LogP contribution in [0.3, 0.4) is 0 Å². The van der Waals surface area contributed by atoms with Crippen LogP contribution in [0.15, 0.2) is 39.7 Å².